The van der Waals surface area contributed by atoms with Crippen molar-refractivity contribution in [3.8, 4) is 0 Å². The van der Waals surface area contributed by atoms with E-state index in [0.29, 0.717) is 158 Å². The number of carboxylic acid groups (broad SMARTS) is 1. The van der Waals surface area contributed by atoms with Gasteiger partial charge in [-0.3, -0.25) is 9.59 Å². The van der Waals surface area contributed by atoms with E-state index >= 15 is 0 Å². The smallest absolute Gasteiger partial charge is 0.319 e. The second-order valence-corrected chi connectivity index (χ2v) is 16.4. The highest BCUT2D eigenvalue weighted by Crippen LogP contribution is 2.33. The normalized spacial score (nSPS) is 12.5. The van der Waals surface area contributed by atoms with Crippen LogP contribution in [0.4, 0.5) is 0 Å². The average molecular weight is 955 g/mol. The number of nitrogens with one attached hydrogen (secondary N) is 1. The predicted molar refractivity (Wildman–Crippen MR) is 256 cm³/mol. The van der Waals surface area contributed by atoms with Crippen LogP contribution in [0, 0.1) is 5.41 Å². The van der Waals surface area contributed by atoms with Gasteiger partial charge in [-0.1, -0.05) is 116 Å². The number of aliphatic hydroxyl groups is 1. The fraction of sp³-hybridized carbons (Fsp3) is 0.959. The van der Waals surface area contributed by atoms with E-state index in [1.54, 1.807) is 0 Å². The summed E-state index contributed by atoms with van der Waals surface area (Å²) in [5.41, 5.74) is 3.94. The summed E-state index contributed by atoms with van der Waals surface area (Å²) in [6, 6.07) is 0. The van der Waals surface area contributed by atoms with Crippen molar-refractivity contribution in [1.29, 1.82) is 0 Å². The van der Waals surface area contributed by atoms with Crippen LogP contribution in [0.25, 0.3) is 0 Å². The minimum Gasteiger partial charge on any atom is -0.480 e. The SMILES string of the molecule is CCCCCCCCCCCC(CCCCCCCCCCCO)(C(=O)O)C(=O)NCCOCCOCCOCCOCCOCCOCCOCCOCCOCCOCCOCCN. The van der Waals surface area contributed by atoms with Gasteiger partial charge in [-0.15, -0.1) is 0 Å². The zero-order valence-electron chi connectivity index (χ0n) is 41.6. The first kappa shape index (κ1) is 64.4. The highest BCUT2D eigenvalue weighted by molar-refractivity contribution is 6.01. The van der Waals surface area contributed by atoms with Crippen molar-refractivity contribution in [3.63, 3.8) is 0 Å². The minimum atomic E-state index is -1.41. The van der Waals surface area contributed by atoms with Crippen LogP contribution >= 0.6 is 0 Å². The minimum absolute atomic E-state index is 0.251. The van der Waals surface area contributed by atoms with Gasteiger partial charge in [-0.2, -0.15) is 0 Å². The van der Waals surface area contributed by atoms with Gasteiger partial charge < -0.3 is 73.4 Å². The van der Waals surface area contributed by atoms with E-state index in [4.69, 9.17) is 62.9 Å². The van der Waals surface area contributed by atoms with E-state index in [2.05, 4.69) is 12.2 Å². The van der Waals surface area contributed by atoms with E-state index in [1.807, 2.05) is 0 Å². The van der Waals surface area contributed by atoms with E-state index in [-0.39, 0.29) is 19.8 Å². The molecule has 394 valence electrons. The van der Waals surface area contributed by atoms with Gasteiger partial charge in [0.1, 0.15) is 5.41 Å². The average Bonchev–Trinajstić information content (AvgIpc) is 3.32. The highest BCUT2D eigenvalue weighted by Gasteiger charge is 2.44. The maximum absolute atomic E-state index is 13.5. The second-order valence-electron chi connectivity index (χ2n) is 16.4. The maximum atomic E-state index is 13.5. The summed E-state index contributed by atoms with van der Waals surface area (Å²) < 4.78 is 60.4. The van der Waals surface area contributed by atoms with E-state index < -0.39 is 17.3 Å². The molecule has 1 atom stereocenters. The van der Waals surface area contributed by atoms with E-state index in [0.717, 1.165) is 83.5 Å². The molecule has 1 unspecified atom stereocenters. The number of carbonyl (C=O) groups excluding carboxylic acids is 1. The maximum Gasteiger partial charge on any atom is 0.319 e. The molecule has 17 nitrogen and oxygen atoms in total. The van der Waals surface area contributed by atoms with Gasteiger partial charge in [0.15, 0.2) is 0 Å². The van der Waals surface area contributed by atoms with Crippen LogP contribution in [-0.4, -0.2) is 187 Å². The lowest BCUT2D eigenvalue weighted by Crippen LogP contribution is -2.47. The molecule has 17 heteroatoms. The molecule has 1 amide bonds. The Morgan fingerprint density at radius 3 is 0.924 bits per heavy atom. The molecule has 0 spiro atoms. The van der Waals surface area contributed by atoms with Crippen LogP contribution in [0.3, 0.4) is 0 Å². The van der Waals surface area contributed by atoms with Crippen molar-refractivity contribution in [3.05, 3.63) is 0 Å². The number of rotatable bonds is 58. The van der Waals surface area contributed by atoms with Crippen molar-refractivity contribution < 1.29 is 71.9 Å². The van der Waals surface area contributed by atoms with Gasteiger partial charge in [-0.25, -0.2) is 0 Å². The number of carboxylic acids is 1. The quantitative estimate of drug-likeness (QED) is 0.0399. The summed E-state index contributed by atoms with van der Waals surface area (Å²) >= 11 is 0. The Morgan fingerprint density at radius 2 is 0.652 bits per heavy atom. The van der Waals surface area contributed by atoms with Crippen molar-refractivity contribution in [1.82, 2.24) is 5.32 Å². The van der Waals surface area contributed by atoms with Crippen LogP contribution in [0.2, 0.25) is 0 Å². The summed E-state index contributed by atoms with van der Waals surface area (Å²) in [6.45, 7) is 13.6. The largest absolute Gasteiger partial charge is 0.480 e. The summed E-state index contributed by atoms with van der Waals surface area (Å²) in [4.78, 5) is 26.2. The number of nitrogens with two attached hydrogens (primary N) is 1. The van der Waals surface area contributed by atoms with E-state index in [9.17, 15) is 14.7 Å². The Morgan fingerprint density at radius 1 is 0.394 bits per heavy atom. The molecule has 0 radical (unpaired) electrons. The molecule has 5 N–H and O–H groups in total. The van der Waals surface area contributed by atoms with Crippen molar-refractivity contribution in [2.45, 2.75) is 135 Å². The molecule has 66 heavy (non-hydrogen) atoms. The third kappa shape index (κ3) is 44.9. The monoisotopic (exact) mass is 955 g/mol. The van der Waals surface area contributed by atoms with Gasteiger partial charge in [0.05, 0.1) is 145 Å². The van der Waals surface area contributed by atoms with Crippen LogP contribution in [0.1, 0.15) is 135 Å². The fourth-order valence-corrected chi connectivity index (χ4v) is 6.97. The van der Waals surface area contributed by atoms with E-state index in [1.165, 1.54) is 32.1 Å². The summed E-state index contributed by atoms with van der Waals surface area (Å²) in [7, 11) is 0. The Hall–Kier alpha value is -1.58. The standard InChI is InChI=1S/C49H98N2O15/c1-2-3-4-5-6-8-11-14-17-20-49(48(54)55,21-18-15-12-9-7-10-13-16-19-24-52)47(53)51-23-26-57-28-30-59-32-34-61-36-38-63-40-42-65-44-46-66-45-43-64-41-39-62-37-35-60-33-31-58-29-27-56-25-22-50/h52H,2-46,50H2,1H3,(H,51,53)(H,54,55). The Balaban J connectivity index is 3.84. The summed E-state index contributed by atoms with van der Waals surface area (Å²) in [5.74, 6) is -1.42. The van der Waals surface area contributed by atoms with Crippen LogP contribution in [0.15, 0.2) is 0 Å². The lowest BCUT2D eigenvalue weighted by molar-refractivity contribution is -0.157. The molecule has 0 heterocycles. The summed E-state index contributed by atoms with van der Waals surface area (Å²) in [6.07, 6.45) is 20.1. The Kier molecular flexibility index (Phi) is 53.1. The first-order chi connectivity index (χ1) is 32.5. The number of hydrogen-bond donors (Lipinski definition) is 4. The molecule has 0 rings (SSSR count). The zero-order chi connectivity index (χ0) is 48.0. The van der Waals surface area contributed by atoms with Gasteiger partial charge in [-0.05, 0) is 19.3 Å². The number of amides is 1. The number of ether oxygens (including phenoxy) is 11. The Labute approximate surface area is 399 Å². The number of aliphatic carboxylic acids is 1. The van der Waals surface area contributed by atoms with Crippen molar-refractivity contribution in [2.24, 2.45) is 11.1 Å². The third-order valence-corrected chi connectivity index (χ3v) is 10.8. The number of carbonyl (C=O) groups is 2. The molecule has 0 saturated heterocycles. The number of unbranched alkanes of at least 4 members (excludes halogenated alkanes) is 16. The molecule has 0 aliphatic rings. The van der Waals surface area contributed by atoms with Crippen molar-refractivity contribution in [2.75, 3.05) is 165 Å². The van der Waals surface area contributed by atoms with Gasteiger partial charge in [0.2, 0.25) is 5.91 Å². The molecular formula is C49H98N2O15. The highest BCUT2D eigenvalue weighted by atomic mass is 16.6. The predicted octanol–water partition coefficient (Wildman–Crippen LogP) is 6.13. The first-order valence-electron chi connectivity index (χ1n) is 25.7. The van der Waals surface area contributed by atoms with Crippen LogP contribution < -0.4 is 11.1 Å². The fourth-order valence-electron chi connectivity index (χ4n) is 6.97. The Bertz CT molecular complexity index is 990. The van der Waals surface area contributed by atoms with Gasteiger partial charge in [0.25, 0.3) is 0 Å². The molecule has 0 aromatic rings. The molecule has 0 saturated carbocycles. The zero-order valence-corrected chi connectivity index (χ0v) is 41.6. The molecular weight excluding hydrogens is 857 g/mol. The third-order valence-electron chi connectivity index (χ3n) is 10.8. The molecule has 0 aromatic carbocycles. The number of hydrogen-bond acceptors (Lipinski definition) is 15. The van der Waals surface area contributed by atoms with Gasteiger partial charge >= 0.3 is 5.97 Å². The molecule has 0 aliphatic carbocycles. The lowest BCUT2D eigenvalue weighted by Gasteiger charge is -2.28. The van der Waals surface area contributed by atoms with Crippen LogP contribution in [-0.2, 0) is 61.7 Å². The van der Waals surface area contributed by atoms with Crippen molar-refractivity contribution >= 4 is 11.9 Å². The number of aliphatic hydroxyl groups excluding tert-OH is 1. The molecule has 0 bridgehead atoms. The second kappa shape index (κ2) is 54.4. The molecule has 0 aliphatic heterocycles. The topological polar surface area (TPSA) is 214 Å². The lowest BCUT2D eigenvalue weighted by atomic mass is 9.76. The summed E-state index contributed by atoms with van der Waals surface area (Å²) in [5, 5.41) is 22.3. The molecule has 0 aromatic heterocycles. The van der Waals surface area contributed by atoms with Crippen LogP contribution in [0.5, 0.6) is 0 Å². The first-order valence-corrected chi connectivity index (χ1v) is 25.7. The van der Waals surface area contributed by atoms with Gasteiger partial charge in [0, 0.05) is 19.7 Å². The molecule has 0 fully saturated rings.